The van der Waals surface area contributed by atoms with Crippen molar-refractivity contribution in [1.82, 2.24) is 4.98 Å². The van der Waals surface area contributed by atoms with E-state index in [1.54, 1.807) is 11.3 Å². The molecule has 3 nitrogen and oxygen atoms in total. The van der Waals surface area contributed by atoms with Gasteiger partial charge in [0.1, 0.15) is 0 Å². The van der Waals surface area contributed by atoms with Crippen molar-refractivity contribution in [1.29, 1.82) is 0 Å². The first kappa shape index (κ1) is 14.5. The molecule has 19 heavy (non-hydrogen) atoms. The minimum Gasteiger partial charge on any atom is -0.369 e. The van der Waals surface area contributed by atoms with E-state index in [0.717, 1.165) is 24.3 Å². The summed E-state index contributed by atoms with van der Waals surface area (Å²) in [4.78, 5) is 6.63. The third-order valence-electron chi connectivity index (χ3n) is 3.07. The second kappa shape index (κ2) is 6.50. The minimum absolute atomic E-state index is 0.0344. The molecule has 102 valence electrons. The molecule has 0 aliphatic carbocycles. The first-order chi connectivity index (χ1) is 9.10. The number of nitrogens with zero attached hydrogens (tertiary/aromatic N) is 2. The standard InChI is InChI=1S/C14H18BrN3S/c1-3-12(16)13-5-4-11(7-17-13)18(2)8-10-6-14(15)19-9-10/h4-7,9,12H,3,8,16H2,1-2H3/t12-/m0/s1. The number of pyridine rings is 1. The lowest BCUT2D eigenvalue weighted by Gasteiger charge is -2.19. The maximum atomic E-state index is 5.97. The summed E-state index contributed by atoms with van der Waals surface area (Å²) in [6, 6.07) is 6.28. The molecule has 0 aromatic carbocycles. The van der Waals surface area contributed by atoms with Crippen LogP contribution in [0.25, 0.3) is 0 Å². The van der Waals surface area contributed by atoms with Gasteiger partial charge in [-0.2, -0.15) is 0 Å². The van der Waals surface area contributed by atoms with Crippen molar-refractivity contribution in [3.05, 3.63) is 44.8 Å². The maximum Gasteiger partial charge on any atom is 0.0701 e. The third kappa shape index (κ3) is 3.78. The molecule has 0 saturated carbocycles. The molecule has 0 radical (unpaired) electrons. The van der Waals surface area contributed by atoms with E-state index in [1.165, 1.54) is 9.35 Å². The molecule has 0 saturated heterocycles. The topological polar surface area (TPSA) is 42.1 Å². The quantitative estimate of drug-likeness (QED) is 0.896. The van der Waals surface area contributed by atoms with E-state index in [2.05, 4.69) is 57.3 Å². The Balaban J connectivity index is 2.05. The third-order valence-corrected chi connectivity index (χ3v) is 4.63. The van der Waals surface area contributed by atoms with E-state index >= 15 is 0 Å². The number of nitrogens with two attached hydrogens (primary N) is 1. The minimum atomic E-state index is 0.0344. The largest absolute Gasteiger partial charge is 0.369 e. The molecule has 0 spiro atoms. The highest BCUT2D eigenvalue weighted by molar-refractivity contribution is 9.11. The maximum absolute atomic E-state index is 5.97. The van der Waals surface area contributed by atoms with E-state index in [1.807, 2.05) is 12.3 Å². The number of hydrogen-bond acceptors (Lipinski definition) is 4. The van der Waals surface area contributed by atoms with Crippen LogP contribution in [0.3, 0.4) is 0 Å². The molecular formula is C14H18BrN3S. The Morgan fingerprint density at radius 3 is 2.79 bits per heavy atom. The molecule has 2 aromatic rings. The number of thiophene rings is 1. The molecule has 2 rings (SSSR count). The van der Waals surface area contributed by atoms with Gasteiger partial charge in [-0.05, 0) is 51.5 Å². The second-order valence-corrected chi connectivity index (χ2v) is 6.86. The highest BCUT2D eigenvalue weighted by Gasteiger charge is 2.07. The number of hydrogen-bond donors (Lipinski definition) is 1. The molecule has 0 bridgehead atoms. The lowest BCUT2D eigenvalue weighted by molar-refractivity contribution is 0.675. The van der Waals surface area contributed by atoms with Gasteiger partial charge >= 0.3 is 0 Å². The monoisotopic (exact) mass is 339 g/mol. The molecule has 0 amide bonds. The van der Waals surface area contributed by atoms with Crippen LogP contribution in [0.4, 0.5) is 5.69 Å². The van der Waals surface area contributed by atoms with Crippen LogP contribution in [0.15, 0.2) is 33.6 Å². The van der Waals surface area contributed by atoms with Crippen LogP contribution in [0.2, 0.25) is 0 Å². The van der Waals surface area contributed by atoms with Crippen LogP contribution in [0, 0.1) is 0 Å². The van der Waals surface area contributed by atoms with E-state index in [0.29, 0.717) is 0 Å². The fourth-order valence-corrected chi connectivity index (χ4v) is 3.05. The van der Waals surface area contributed by atoms with Gasteiger partial charge in [-0.25, -0.2) is 0 Å². The van der Waals surface area contributed by atoms with Crippen LogP contribution >= 0.6 is 27.3 Å². The average Bonchev–Trinajstić information content (AvgIpc) is 2.83. The summed E-state index contributed by atoms with van der Waals surface area (Å²) in [6.45, 7) is 2.95. The van der Waals surface area contributed by atoms with E-state index in [-0.39, 0.29) is 6.04 Å². The SMILES string of the molecule is CC[C@H](N)c1ccc(N(C)Cc2csc(Br)c2)cn1. The van der Waals surface area contributed by atoms with Crippen molar-refractivity contribution in [2.45, 2.75) is 25.9 Å². The Bertz CT molecular complexity index is 524. The van der Waals surface area contributed by atoms with Gasteiger partial charge < -0.3 is 10.6 Å². The summed E-state index contributed by atoms with van der Waals surface area (Å²) < 4.78 is 1.17. The Hall–Kier alpha value is -0.910. The predicted molar refractivity (Wildman–Crippen MR) is 85.6 cm³/mol. The van der Waals surface area contributed by atoms with Gasteiger partial charge in [-0.1, -0.05) is 6.92 Å². The van der Waals surface area contributed by atoms with Crippen molar-refractivity contribution in [2.24, 2.45) is 5.73 Å². The molecule has 2 aromatic heterocycles. The van der Waals surface area contributed by atoms with Gasteiger partial charge in [-0.3, -0.25) is 4.98 Å². The highest BCUT2D eigenvalue weighted by Crippen LogP contribution is 2.23. The summed E-state index contributed by atoms with van der Waals surface area (Å²) in [5.41, 5.74) is 9.33. The summed E-state index contributed by atoms with van der Waals surface area (Å²) in [6.07, 6.45) is 2.80. The van der Waals surface area contributed by atoms with Crippen LogP contribution in [-0.2, 0) is 6.54 Å². The Kier molecular flexibility index (Phi) is 4.96. The summed E-state index contributed by atoms with van der Waals surface area (Å²) in [7, 11) is 2.07. The average molecular weight is 340 g/mol. The normalized spacial score (nSPS) is 12.4. The summed E-state index contributed by atoms with van der Waals surface area (Å²) in [5, 5.41) is 2.16. The van der Waals surface area contributed by atoms with Crippen molar-refractivity contribution < 1.29 is 0 Å². The molecule has 0 aliphatic heterocycles. The number of anilines is 1. The van der Waals surface area contributed by atoms with Crippen molar-refractivity contribution in [3.8, 4) is 0 Å². The van der Waals surface area contributed by atoms with Gasteiger partial charge in [0, 0.05) is 19.6 Å². The molecule has 0 aliphatic rings. The van der Waals surface area contributed by atoms with Crippen molar-refractivity contribution in [2.75, 3.05) is 11.9 Å². The van der Waals surface area contributed by atoms with Gasteiger partial charge in [0.2, 0.25) is 0 Å². The lowest BCUT2D eigenvalue weighted by atomic mass is 10.1. The number of rotatable bonds is 5. The summed E-state index contributed by atoms with van der Waals surface area (Å²) in [5.74, 6) is 0. The fraction of sp³-hybridized carbons (Fsp3) is 0.357. The van der Waals surface area contributed by atoms with Gasteiger partial charge in [0.25, 0.3) is 0 Å². The zero-order valence-electron chi connectivity index (χ0n) is 11.1. The Labute approximate surface area is 126 Å². The van der Waals surface area contributed by atoms with Gasteiger partial charge in [-0.15, -0.1) is 11.3 Å². The van der Waals surface area contributed by atoms with Crippen LogP contribution in [-0.4, -0.2) is 12.0 Å². The smallest absolute Gasteiger partial charge is 0.0701 e. The molecule has 2 heterocycles. The Morgan fingerprint density at radius 2 is 2.26 bits per heavy atom. The predicted octanol–water partition coefficient (Wildman–Crippen LogP) is 3.95. The fourth-order valence-electron chi connectivity index (χ4n) is 1.85. The number of aromatic nitrogens is 1. The van der Waals surface area contributed by atoms with E-state index in [9.17, 15) is 0 Å². The molecule has 2 N–H and O–H groups in total. The summed E-state index contributed by atoms with van der Waals surface area (Å²) >= 11 is 5.19. The van der Waals surface area contributed by atoms with Crippen LogP contribution < -0.4 is 10.6 Å². The molecule has 0 unspecified atom stereocenters. The van der Waals surface area contributed by atoms with E-state index in [4.69, 9.17) is 5.73 Å². The first-order valence-corrected chi connectivity index (χ1v) is 7.93. The van der Waals surface area contributed by atoms with Gasteiger partial charge in [0.15, 0.2) is 0 Å². The molecule has 5 heteroatoms. The van der Waals surface area contributed by atoms with Crippen molar-refractivity contribution >= 4 is 33.0 Å². The zero-order chi connectivity index (χ0) is 13.8. The van der Waals surface area contributed by atoms with Crippen molar-refractivity contribution in [3.63, 3.8) is 0 Å². The van der Waals surface area contributed by atoms with Gasteiger partial charge in [0.05, 0.1) is 21.4 Å². The number of halogens is 1. The molecular weight excluding hydrogens is 322 g/mol. The van der Waals surface area contributed by atoms with Crippen LogP contribution in [0.1, 0.15) is 30.6 Å². The lowest BCUT2D eigenvalue weighted by Crippen LogP contribution is -2.17. The Morgan fingerprint density at radius 1 is 1.47 bits per heavy atom. The molecule has 0 fully saturated rings. The van der Waals surface area contributed by atoms with E-state index < -0.39 is 0 Å². The second-order valence-electron chi connectivity index (χ2n) is 4.57. The molecule has 1 atom stereocenters. The highest BCUT2D eigenvalue weighted by atomic mass is 79.9. The van der Waals surface area contributed by atoms with Crippen LogP contribution in [0.5, 0.6) is 0 Å². The first-order valence-electron chi connectivity index (χ1n) is 6.25. The zero-order valence-corrected chi connectivity index (χ0v) is 13.5.